The minimum atomic E-state index is -0.328. The van der Waals surface area contributed by atoms with Crippen molar-refractivity contribution in [3.05, 3.63) is 21.9 Å². The Hall–Kier alpha value is -1.34. The van der Waals surface area contributed by atoms with Gasteiger partial charge in [-0.05, 0) is 17.9 Å². The van der Waals surface area contributed by atoms with Gasteiger partial charge in [-0.1, -0.05) is 0 Å². The summed E-state index contributed by atoms with van der Waals surface area (Å²) in [6.07, 6.45) is 1.59. The van der Waals surface area contributed by atoms with E-state index in [1.54, 1.807) is 11.6 Å². The van der Waals surface area contributed by atoms with E-state index in [0.717, 1.165) is 5.56 Å². The first-order valence-corrected chi connectivity index (χ1v) is 3.92. The molecule has 0 saturated carbocycles. The fourth-order valence-corrected chi connectivity index (χ4v) is 1.54. The average molecular weight is 166 g/mol. The molecular formula is C7H6N2OS. The number of nitrogens with zero attached hydrogens (tertiary/aromatic N) is 1. The molecule has 1 rings (SSSR count). The van der Waals surface area contributed by atoms with E-state index in [1.807, 2.05) is 12.3 Å². The maximum absolute atomic E-state index is 11.0. The van der Waals surface area contributed by atoms with Crippen LogP contribution in [0.5, 0.6) is 0 Å². The molecule has 0 unspecified atom stereocenters. The predicted molar refractivity (Wildman–Crippen MR) is 42.1 cm³/mol. The van der Waals surface area contributed by atoms with Gasteiger partial charge >= 0.3 is 0 Å². The Morgan fingerprint density at radius 3 is 2.91 bits per heavy atom. The van der Waals surface area contributed by atoms with Crippen LogP contribution in [0.3, 0.4) is 0 Å². The molecule has 0 atom stereocenters. The number of thiophene rings is 1. The van der Waals surface area contributed by atoms with Crippen molar-refractivity contribution in [3.63, 3.8) is 0 Å². The number of nitrogens with one attached hydrogen (secondary N) is 1. The molecule has 0 spiro atoms. The summed E-state index contributed by atoms with van der Waals surface area (Å²) in [4.78, 5) is 11.0. The van der Waals surface area contributed by atoms with Crippen LogP contribution >= 0.6 is 11.3 Å². The van der Waals surface area contributed by atoms with E-state index in [1.165, 1.54) is 11.3 Å². The molecule has 56 valence electrons. The fraction of sp³-hybridized carbons (Fsp3) is 0.143. The topological polar surface area (TPSA) is 52.9 Å². The minimum Gasteiger partial charge on any atom is -0.268 e. The first kappa shape index (κ1) is 7.76. The number of nitriles is 1. The van der Waals surface area contributed by atoms with Crippen LogP contribution in [-0.4, -0.2) is 5.91 Å². The average Bonchev–Trinajstić information content (AvgIpc) is 2.36. The van der Waals surface area contributed by atoms with Gasteiger partial charge in [-0.2, -0.15) is 16.6 Å². The lowest BCUT2D eigenvalue weighted by Gasteiger charge is -1.93. The van der Waals surface area contributed by atoms with Crippen LogP contribution in [0, 0.1) is 18.4 Å². The molecule has 0 aromatic carbocycles. The van der Waals surface area contributed by atoms with Crippen molar-refractivity contribution in [2.24, 2.45) is 0 Å². The highest BCUT2D eigenvalue weighted by Crippen LogP contribution is 2.12. The number of aryl methyl sites for hydroxylation is 1. The van der Waals surface area contributed by atoms with E-state index < -0.39 is 0 Å². The van der Waals surface area contributed by atoms with Crippen LogP contribution in [0.25, 0.3) is 0 Å². The van der Waals surface area contributed by atoms with Crippen molar-refractivity contribution in [1.82, 2.24) is 5.32 Å². The van der Waals surface area contributed by atoms with Gasteiger partial charge in [-0.25, -0.2) is 0 Å². The molecule has 4 heteroatoms. The van der Waals surface area contributed by atoms with Gasteiger partial charge in [0, 0.05) is 5.38 Å². The number of rotatable bonds is 1. The summed E-state index contributed by atoms with van der Waals surface area (Å²) >= 11 is 1.45. The highest BCUT2D eigenvalue weighted by molar-refractivity contribution is 7.08. The van der Waals surface area contributed by atoms with Crippen molar-refractivity contribution in [2.75, 3.05) is 0 Å². The molecule has 3 nitrogen and oxygen atoms in total. The van der Waals surface area contributed by atoms with E-state index >= 15 is 0 Å². The van der Waals surface area contributed by atoms with E-state index in [0.29, 0.717) is 5.56 Å². The van der Waals surface area contributed by atoms with Gasteiger partial charge in [0.1, 0.15) is 0 Å². The van der Waals surface area contributed by atoms with Crippen molar-refractivity contribution in [1.29, 1.82) is 5.26 Å². The summed E-state index contributed by atoms with van der Waals surface area (Å²) in [6.45, 7) is 1.84. The molecule has 0 saturated heterocycles. The number of carbonyl (C=O) groups excluding carboxylic acids is 1. The van der Waals surface area contributed by atoms with Crippen LogP contribution in [0.2, 0.25) is 0 Å². The number of hydrogen-bond donors (Lipinski definition) is 1. The molecule has 0 aliphatic heterocycles. The van der Waals surface area contributed by atoms with E-state index in [4.69, 9.17) is 5.26 Å². The second kappa shape index (κ2) is 3.17. The molecule has 0 aliphatic carbocycles. The molecule has 1 amide bonds. The van der Waals surface area contributed by atoms with Crippen molar-refractivity contribution >= 4 is 17.2 Å². The molecule has 1 heterocycles. The van der Waals surface area contributed by atoms with E-state index in [-0.39, 0.29) is 5.91 Å². The number of amides is 1. The molecule has 1 aromatic rings. The lowest BCUT2D eigenvalue weighted by atomic mass is 10.2. The zero-order chi connectivity index (χ0) is 8.27. The molecule has 1 aromatic heterocycles. The zero-order valence-corrected chi connectivity index (χ0v) is 6.73. The Kier molecular flexibility index (Phi) is 2.24. The SMILES string of the molecule is Cc1cscc1C(=O)NC#N. The van der Waals surface area contributed by atoms with Crippen molar-refractivity contribution in [2.45, 2.75) is 6.92 Å². The normalized spacial score (nSPS) is 8.73. The molecule has 11 heavy (non-hydrogen) atoms. The Labute approximate surface area is 68.3 Å². The largest absolute Gasteiger partial charge is 0.268 e. The van der Waals surface area contributed by atoms with Crippen LogP contribution in [0.1, 0.15) is 15.9 Å². The van der Waals surface area contributed by atoms with Crippen molar-refractivity contribution < 1.29 is 4.79 Å². The van der Waals surface area contributed by atoms with Crippen LogP contribution in [0.4, 0.5) is 0 Å². The molecular weight excluding hydrogens is 160 g/mol. The van der Waals surface area contributed by atoms with Crippen LogP contribution < -0.4 is 5.32 Å². The first-order chi connectivity index (χ1) is 5.25. The third-order valence-electron chi connectivity index (χ3n) is 1.27. The number of carbonyl (C=O) groups is 1. The third-order valence-corrected chi connectivity index (χ3v) is 2.13. The summed E-state index contributed by atoms with van der Waals surface area (Å²) < 4.78 is 0. The predicted octanol–water partition coefficient (Wildman–Crippen LogP) is 1.27. The zero-order valence-electron chi connectivity index (χ0n) is 5.92. The van der Waals surface area contributed by atoms with Gasteiger partial charge in [-0.3, -0.25) is 10.1 Å². The summed E-state index contributed by atoms with van der Waals surface area (Å²) in [5.74, 6) is -0.328. The second-order valence-electron chi connectivity index (χ2n) is 2.03. The molecule has 0 bridgehead atoms. The lowest BCUT2D eigenvalue weighted by Crippen LogP contribution is -2.17. The second-order valence-corrected chi connectivity index (χ2v) is 2.78. The van der Waals surface area contributed by atoms with E-state index in [9.17, 15) is 4.79 Å². The molecule has 0 aliphatic rings. The van der Waals surface area contributed by atoms with Gasteiger partial charge in [0.25, 0.3) is 5.91 Å². The summed E-state index contributed by atoms with van der Waals surface area (Å²) in [5, 5.41) is 13.8. The summed E-state index contributed by atoms with van der Waals surface area (Å²) in [5.41, 5.74) is 1.49. The third kappa shape index (κ3) is 1.57. The lowest BCUT2D eigenvalue weighted by molar-refractivity contribution is 0.0973. The van der Waals surface area contributed by atoms with Gasteiger partial charge in [0.2, 0.25) is 0 Å². The maximum atomic E-state index is 11.0. The Morgan fingerprint density at radius 1 is 1.73 bits per heavy atom. The van der Waals surface area contributed by atoms with Crippen LogP contribution in [-0.2, 0) is 0 Å². The fourth-order valence-electron chi connectivity index (χ4n) is 0.711. The van der Waals surface area contributed by atoms with Gasteiger partial charge in [0.05, 0.1) is 5.56 Å². The summed E-state index contributed by atoms with van der Waals surface area (Å²) in [7, 11) is 0. The van der Waals surface area contributed by atoms with Gasteiger partial charge < -0.3 is 0 Å². The summed E-state index contributed by atoms with van der Waals surface area (Å²) in [6, 6.07) is 0. The smallest absolute Gasteiger partial charge is 0.265 e. The molecule has 0 radical (unpaired) electrons. The maximum Gasteiger partial charge on any atom is 0.265 e. The van der Waals surface area contributed by atoms with Gasteiger partial charge in [0.15, 0.2) is 6.19 Å². The standard InChI is InChI=1S/C7H6N2OS/c1-5-2-11-3-6(5)7(10)9-4-8/h2-3H,1H3,(H,9,10). The first-order valence-electron chi connectivity index (χ1n) is 2.98. The monoisotopic (exact) mass is 166 g/mol. The minimum absolute atomic E-state index is 0.328. The Morgan fingerprint density at radius 2 is 2.45 bits per heavy atom. The van der Waals surface area contributed by atoms with Crippen LogP contribution in [0.15, 0.2) is 10.8 Å². The molecule has 0 fully saturated rings. The highest BCUT2D eigenvalue weighted by atomic mass is 32.1. The highest BCUT2D eigenvalue weighted by Gasteiger charge is 2.07. The Balaban J connectivity index is 2.86. The Bertz CT molecular complexity index is 310. The van der Waals surface area contributed by atoms with Gasteiger partial charge in [-0.15, -0.1) is 0 Å². The van der Waals surface area contributed by atoms with Crippen molar-refractivity contribution in [3.8, 4) is 6.19 Å². The molecule has 1 N–H and O–H groups in total. The number of hydrogen-bond acceptors (Lipinski definition) is 3. The van der Waals surface area contributed by atoms with E-state index in [2.05, 4.69) is 5.32 Å². The quantitative estimate of drug-likeness (QED) is 0.504.